The Morgan fingerprint density at radius 3 is 1.62 bits per heavy atom. The highest BCUT2D eigenvalue weighted by Gasteiger charge is 2.21. The quantitative estimate of drug-likeness (QED) is 0.648. The molecule has 2 atom stereocenters. The molecular weight excluding hydrogens is 256 g/mol. The molecule has 0 saturated heterocycles. The number of nitrogens with two attached hydrogens (primary N) is 2. The fourth-order valence-corrected chi connectivity index (χ4v) is 3.32. The SMILES string of the molecule is CC(C)CCC(C)c1c(N)ccc(N)c1C(C)CC(C)C. The van der Waals surface area contributed by atoms with Gasteiger partial charge in [0, 0.05) is 11.4 Å². The molecule has 0 saturated carbocycles. The van der Waals surface area contributed by atoms with E-state index in [0.29, 0.717) is 17.8 Å². The van der Waals surface area contributed by atoms with Crippen molar-refractivity contribution in [2.75, 3.05) is 11.5 Å². The van der Waals surface area contributed by atoms with Gasteiger partial charge in [-0.15, -0.1) is 0 Å². The average Bonchev–Trinajstić information content (AvgIpc) is 2.37. The van der Waals surface area contributed by atoms with Crippen molar-refractivity contribution in [2.24, 2.45) is 11.8 Å². The van der Waals surface area contributed by atoms with E-state index in [0.717, 1.165) is 23.7 Å². The number of nitrogen functional groups attached to an aromatic ring is 2. The molecule has 1 aromatic rings. The molecule has 0 bridgehead atoms. The molecule has 0 aliphatic carbocycles. The molecule has 1 aromatic carbocycles. The van der Waals surface area contributed by atoms with Crippen molar-refractivity contribution in [2.45, 2.75) is 72.6 Å². The normalized spacial score (nSPS) is 14.7. The molecule has 2 nitrogen and oxygen atoms in total. The van der Waals surface area contributed by atoms with Gasteiger partial charge in [0.1, 0.15) is 0 Å². The number of anilines is 2. The van der Waals surface area contributed by atoms with Crippen molar-refractivity contribution in [1.29, 1.82) is 0 Å². The lowest BCUT2D eigenvalue weighted by Gasteiger charge is -2.26. The Bertz CT molecular complexity index is 449. The number of rotatable bonds is 7. The van der Waals surface area contributed by atoms with Gasteiger partial charge in [-0.1, -0.05) is 48.0 Å². The van der Waals surface area contributed by atoms with Gasteiger partial charge in [-0.2, -0.15) is 0 Å². The van der Waals surface area contributed by atoms with Crippen LogP contribution >= 0.6 is 0 Å². The fourth-order valence-electron chi connectivity index (χ4n) is 3.32. The van der Waals surface area contributed by atoms with Gasteiger partial charge in [0.05, 0.1) is 0 Å². The lowest BCUT2D eigenvalue weighted by molar-refractivity contribution is 0.501. The van der Waals surface area contributed by atoms with Crippen molar-refractivity contribution >= 4 is 11.4 Å². The number of hydrogen-bond donors (Lipinski definition) is 2. The molecule has 0 amide bonds. The third kappa shape index (κ3) is 4.94. The van der Waals surface area contributed by atoms with Crippen LogP contribution in [-0.4, -0.2) is 0 Å². The monoisotopic (exact) mass is 290 g/mol. The summed E-state index contributed by atoms with van der Waals surface area (Å²) in [5.74, 6) is 2.33. The van der Waals surface area contributed by atoms with Gasteiger partial charge in [-0.25, -0.2) is 0 Å². The molecule has 2 heteroatoms. The maximum Gasteiger partial charge on any atom is 0.0353 e. The maximum absolute atomic E-state index is 6.31. The minimum atomic E-state index is 0.463. The Hall–Kier alpha value is -1.18. The Balaban J connectivity index is 3.13. The second-order valence-corrected chi connectivity index (χ2v) is 7.47. The van der Waals surface area contributed by atoms with Gasteiger partial charge in [-0.3, -0.25) is 0 Å². The van der Waals surface area contributed by atoms with Gasteiger partial charge >= 0.3 is 0 Å². The first-order valence-electron chi connectivity index (χ1n) is 8.41. The summed E-state index contributed by atoms with van der Waals surface area (Å²) in [5.41, 5.74) is 17.0. The van der Waals surface area contributed by atoms with E-state index in [1.165, 1.54) is 24.0 Å². The van der Waals surface area contributed by atoms with Crippen LogP contribution in [0.1, 0.15) is 83.8 Å². The van der Waals surface area contributed by atoms with E-state index in [2.05, 4.69) is 41.5 Å². The molecule has 21 heavy (non-hydrogen) atoms. The number of hydrogen-bond acceptors (Lipinski definition) is 2. The topological polar surface area (TPSA) is 52.0 Å². The minimum Gasteiger partial charge on any atom is -0.398 e. The van der Waals surface area contributed by atoms with E-state index >= 15 is 0 Å². The zero-order valence-electron chi connectivity index (χ0n) is 14.7. The Labute approximate surface area is 131 Å². The van der Waals surface area contributed by atoms with Gasteiger partial charge in [-0.05, 0) is 59.8 Å². The number of benzene rings is 1. The van der Waals surface area contributed by atoms with Crippen molar-refractivity contribution in [3.05, 3.63) is 23.3 Å². The Morgan fingerprint density at radius 1 is 0.714 bits per heavy atom. The third-order valence-corrected chi connectivity index (χ3v) is 4.34. The average molecular weight is 290 g/mol. The van der Waals surface area contributed by atoms with Crippen molar-refractivity contribution in [1.82, 2.24) is 0 Å². The summed E-state index contributed by atoms with van der Waals surface area (Å²) < 4.78 is 0. The van der Waals surface area contributed by atoms with E-state index in [1.54, 1.807) is 0 Å². The van der Waals surface area contributed by atoms with Crippen molar-refractivity contribution < 1.29 is 0 Å². The van der Waals surface area contributed by atoms with Crippen LogP contribution in [0.25, 0.3) is 0 Å². The molecule has 0 aromatic heterocycles. The van der Waals surface area contributed by atoms with Crippen LogP contribution in [0, 0.1) is 11.8 Å². The van der Waals surface area contributed by atoms with E-state index in [-0.39, 0.29) is 0 Å². The van der Waals surface area contributed by atoms with Crippen LogP contribution in [0.2, 0.25) is 0 Å². The van der Waals surface area contributed by atoms with E-state index in [1.807, 2.05) is 12.1 Å². The summed E-state index contributed by atoms with van der Waals surface area (Å²) in [6.45, 7) is 13.7. The molecule has 0 aliphatic heterocycles. The minimum absolute atomic E-state index is 0.463. The zero-order valence-corrected chi connectivity index (χ0v) is 14.7. The van der Waals surface area contributed by atoms with E-state index in [4.69, 9.17) is 11.5 Å². The molecular formula is C19H34N2. The summed E-state index contributed by atoms with van der Waals surface area (Å²) in [6, 6.07) is 3.95. The summed E-state index contributed by atoms with van der Waals surface area (Å²) in [6.07, 6.45) is 3.55. The van der Waals surface area contributed by atoms with Gasteiger partial charge in [0.25, 0.3) is 0 Å². The highest BCUT2D eigenvalue weighted by Crippen LogP contribution is 2.39. The molecule has 0 aliphatic rings. The molecule has 120 valence electrons. The molecule has 0 fully saturated rings. The summed E-state index contributed by atoms with van der Waals surface area (Å²) in [7, 11) is 0. The molecule has 4 N–H and O–H groups in total. The first kappa shape index (κ1) is 17.9. The molecule has 0 radical (unpaired) electrons. The van der Waals surface area contributed by atoms with Crippen LogP contribution in [-0.2, 0) is 0 Å². The summed E-state index contributed by atoms with van der Waals surface area (Å²) >= 11 is 0. The smallest absolute Gasteiger partial charge is 0.0353 e. The second-order valence-electron chi connectivity index (χ2n) is 7.47. The van der Waals surface area contributed by atoms with Gasteiger partial charge in [0.2, 0.25) is 0 Å². The first-order chi connectivity index (χ1) is 9.73. The second kappa shape index (κ2) is 7.72. The van der Waals surface area contributed by atoms with Crippen LogP contribution in [0.15, 0.2) is 12.1 Å². The first-order valence-corrected chi connectivity index (χ1v) is 8.41. The van der Waals surface area contributed by atoms with Gasteiger partial charge in [0.15, 0.2) is 0 Å². The molecule has 0 spiro atoms. The molecule has 0 heterocycles. The van der Waals surface area contributed by atoms with Crippen molar-refractivity contribution in [3.63, 3.8) is 0 Å². The fraction of sp³-hybridized carbons (Fsp3) is 0.684. The summed E-state index contributed by atoms with van der Waals surface area (Å²) in [4.78, 5) is 0. The van der Waals surface area contributed by atoms with E-state index in [9.17, 15) is 0 Å². The Morgan fingerprint density at radius 2 is 1.19 bits per heavy atom. The van der Waals surface area contributed by atoms with Crippen LogP contribution in [0.3, 0.4) is 0 Å². The Kier molecular flexibility index (Phi) is 6.57. The highest BCUT2D eigenvalue weighted by molar-refractivity contribution is 5.64. The predicted octanol–water partition coefficient (Wildman–Crippen LogP) is 5.54. The molecule has 1 rings (SSSR count). The lowest BCUT2D eigenvalue weighted by Crippen LogP contribution is -2.12. The summed E-state index contributed by atoms with van der Waals surface area (Å²) in [5, 5.41) is 0. The third-order valence-electron chi connectivity index (χ3n) is 4.34. The van der Waals surface area contributed by atoms with Crippen molar-refractivity contribution in [3.8, 4) is 0 Å². The van der Waals surface area contributed by atoms with Crippen LogP contribution in [0.4, 0.5) is 11.4 Å². The standard InChI is InChI=1S/C19H34N2/c1-12(2)7-8-14(5)18-16(20)9-10-17(21)19(18)15(6)11-13(3)4/h9-10,12-15H,7-8,11,20-21H2,1-6H3. The van der Waals surface area contributed by atoms with Crippen LogP contribution < -0.4 is 11.5 Å². The maximum atomic E-state index is 6.31. The molecule has 2 unspecified atom stereocenters. The zero-order chi connectivity index (χ0) is 16.2. The van der Waals surface area contributed by atoms with Crippen LogP contribution in [0.5, 0.6) is 0 Å². The predicted molar refractivity (Wildman–Crippen MR) is 95.6 cm³/mol. The highest BCUT2D eigenvalue weighted by atomic mass is 14.6. The van der Waals surface area contributed by atoms with Gasteiger partial charge < -0.3 is 11.5 Å². The largest absolute Gasteiger partial charge is 0.398 e. The van der Waals surface area contributed by atoms with E-state index < -0.39 is 0 Å². The lowest BCUT2D eigenvalue weighted by atomic mass is 9.81.